The van der Waals surface area contributed by atoms with Gasteiger partial charge in [-0.3, -0.25) is 9.10 Å². The molecule has 0 spiro atoms. The highest BCUT2D eigenvalue weighted by Gasteiger charge is 2.32. The van der Waals surface area contributed by atoms with E-state index in [1.54, 1.807) is 19.1 Å². The van der Waals surface area contributed by atoms with Gasteiger partial charge in [-0.25, -0.2) is 13.2 Å². The van der Waals surface area contributed by atoms with E-state index in [1.807, 2.05) is 0 Å². The summed E-state index contributed by atoms with van der Waals surface area (Å²) in [5, 5.41) is 2.38. The quantitative estimate of drug-likeness (QED) is 0.609. The molecule has 0 aliphatic carbocycles. The predicted octanol–water partition coefficient (Wildman–Crippen LogP) is 0.303. The molecular weight excluding hydrogens is 332 g/mol. The molecule has 1 aromatic rings. The Balaban J connectivity index is 2.10. The van der Waals surface area contributed by atoms with Crippen molar-refractivity contribution in [1.82, 2.24) is 5.32 Å². The van der Waals surface area contributed by atoms with Crippen LogP contribution in [0.4, 0.5) is 5.69 Å². The maximum absolute atomic E-state index is 12.0. The number of amides is 1. The number of benzene rings is 1. The fourth-order valence-electron chi connectivity index (χ4n) is 2.65. The molecule has 0 bridgehead atoms. The van der Waals surface area contributed by atoms with E-state index >= 15 is 0 Å². The van der Waals surface area contributed by atoms with Crippen LogP contribution in [0.2, 0.25) is 0 Å². The summed E-state index contributed by atoms with van der Waals surface area (Å²) >= 11 is 0. The number of ether oxygens (including phenoxy) is 1. The van der Waals surface area contributed by atoms with Crippen LogP contribution in [0.15, 0.2) is 18.2 Å². The fourth-order valence-corrected chi connectivity index (χ4v) is 3.91. The van der Waals surface area contributed by atoms with Crippen molar-refractivity contribution in [2.45, 2.75) is 19.4 Å². The van der Waals surface area contributed by atoms with Gasteiger partial charge in [-0.15, -0.1) is 6.42 Å². The molecule has 0 unspecified atom stereocenters. The first-order valence-corrected chi connectivity index (χ1v) is 9.08. The number of nitrogens with one attached hydrogen (secondary N) is 1. The Kier molecular flexibility index (Phi) is 5.14. The lowest BCUT2D eigenvalue weighted by Crippen LogP contribution is -2.34. The van der Waals surface area contributed by atoms with Gasteiger partial charge in [-0.1, -0.05) is 5.92 Å². The Morgan fingerprint density at radius 1 is 1.46 bits per heavy atom. The molecule has 8 heteroatoms. The maximum Gasteiger partial charge on any atom is 0.338 e. The third kappa shape index (κ3) is 3.86. The summed E-state index contributed by atoms with van der Waals surface area (Å²) in [5.41, 5.74) is 1.58. The minimum atomic E-state index is -3.38. The number of anilines is 1. The van der Waals surface area contributed by atoms with E-state index in [2.05, 4.69) is 11.2 Å². The number of nitrogens with zero attached hydrogens (tertiary/aromatic N) is 1. The molecule has 0 saturated heterocycles. The van der Waals surface area contributed by atoms with Gasteiger partial charge in [0.2, 0.25) is 10.0 Å². The van der Waals surface area contributed by atoms with Crippen molar-refractivity contribution in [3.05, 3.63) is 29.3 Å². The topological polar surface area (TPSA) is 92.8 Å². The Bertz CT molecular complexity index is 810. The summed E-state index contributed by atoms with van der Waals surface area (Å²) in [6, 6.07) is 4.44. The number of sulfonamides is 1. The average Bonchev–Trinajstić information content (AvgIpc) is 2.85. The normalized spacial score (nSPS) is 16.2. The zero-order chi connectivity index (χ0) is 17.9. The number of terminal acetylenes is 1. The monoisotopic (exact) mass is 350 g/mol. The standard InChI is InChI=1S/C16H18N2O5S/c1-4-7-17-15(19)10-23-16(20)12-5-6-14-13(9-12)8-11(2)18(14)24(3,21)22/h1,5-6,9,11H,7-8,10H2,2-3H3,(H,17,19)/t11-/m1/s1. The van der Waals surface area contributed by atoms with Crippen LogP contribution in [0.5, 0.6) is 0 Å². The molecule has 2 rings (SSSR count). The molecule has 1 aromatic carbocycles. The second kappa shape index (κ2) is 6.93. The van der Waals surface area contributed by atoms with E-state index in [1.165, 1.54) is 10.4 Å². The molecule has 128 valence electrons. The number of carbonyl (C=O) groups is 2. The zero-order valence-electron chi connectivity index (χ0n) is 13.4. The summed E-state index contributed by atoms with van der Waals surface area (Å²) in [5.74, 6) is 1.10. The molecule has 0 saturated carbocycles. The third-order valence-corrected chi connectivity index (χ3v) is 4.82. The third-order valence-electron chi connectivity index (χ3n) is 3.55. The van der Waals surface area contributed by atoms with Crippen molar-refractivity contribution in [1.29, 1.82) is 0 Å². The summed E-state index contributed by atoms with van der Waals surface area (Å²) in [6.07, 6.45) is 6.66. The van der Waals surface area contributed by atoms with Gasteiger partial charge in [0.1, 0.15) is 0 Å². The highest BCUT2D eigenvalue weighted by Crippen LogP contribution is 2.34. The summed E-state index contributed by atoms with van der Waals surface area (Å²) < 4.78 is 30.0. The summed E-state index contributed by atoms with van der Waals surface area (Å²) in [7, 11) is -3.38. The summed E-state index contributed by atoms with van der Waals surface area (Å²) in [4.78, 5) is 23.4. The second-order valence-corrected chi connectivity index (χ2v) is 7.37. The molecule has 24 heavy (non-hydrogen) atoms. The SMILES string of the molecule is C#CCNC(=O)COC(=O)c1ccc2c(c1)C[C@@H](C)N2S(C)(=O)=O. The van der Waals surface area contributed by atoms with Crippen LogP contribution in [0, 0.1) is 12.3 Å². The number of fused-ring (bicyclic) bond motifs is 1. The first-order valence-electron chi connectivity index (χ1n) is 7.23. The highest BCUT2D eigenvalue weighted by molar-refractivity contribution is 7.92. The highest BCUT2D eigenvalue weighted by atomic mass is 32.2. The van der Waals surface area contributed by atoms with Crippen LogP contribution in [-0.4, -0.2) is 45.7 Å². The number of rotatable bonds is 5. The van der Waals surface area contributed by atoms with Crippen molar-refractivity contribution < 1.29 is 22.7 Å². The molecule has 1 atom stereocenters. The molecule has 0 radical (unpaired) electrons. The molecule has 0 aromatic heterocycles. The van der Waals surface area contributed by atoms with Gasteiger partial charge in [0.15, 0.2) is 6.61 Å². The maximum atomic E-state index is 12.0. The molecule has 1 N–H and O–H groups in total. The van der Waals surface area contributed by atoms with Crippen LogP contribution in [0.25, 0.3) is 0 Å². The van der Waals surface area contributed by atoms with Crippen molar-refractivity contribution in [2.75, 3.05) is 23.7 Å². The molecule has 1 aliphatic rings. The minimum Gasteiger partial charge on any atom is -0.452 e. The molecule has 1 heterocycles. The molecule has 0 fully saturated rings. The minimum absolute atomic E-state index is 0.0639. The Morgan fingerprint density at radius 2 is 2.17 bits per heavy atom. The first kappa shape index (κ1) is 17.8. The van der Waals surface area contributed by atoms with Crippen molar-refractivity contribution in [3.63, 3.8) is 0 Å². The van der Waals surface area contributed by atoms with E-state index < -0.39 is 28.5 Å². The van der Waals surface area contributed by atoms with Crippen LogP contribution in [0.3, 0.4) is 0 Å². The van der Waals surface area contributed by atoms with Crippen molar-refractivity contribution in [3.8, 4) is 12.3 Å². The molecule has 1 amide bonds. The second-order valence-electron chi connectivity index (χ2n) is 5.51. The first-order chi connectivity index (χ1) is 11.2. The Hall–Kier alpha value is -2.53. The lowest BCUT2D eigenvalue weighted by atomic mass is 10.1. The van der Waals surface area contributed by atoms with E-state index in [0.717, 1.165) is 11.8 Å². The van der Waals surface area contributed by atoms with Crippen LogP contribution in [-0.2, 0) is 26.0 Å². The van der Waals surface area contributed by atoms with Gasteiger partial charge in [0.05, 0.1) is 24.1 Å². The van der Waals surface area contributed by atoms with Gasteiger partial charge in [-0.2, -0.15) is 0 Å². The van der Waals surface area contributed by atoms with Gasteiger partial charge in [0.25, 0.3) is 5.91 Å². The van der Waals surface area contributed by atoms with Gasteiger partial charge in [-0.05, 0) is 37.1 Å². The molecule has 1 aliphatic heterocycles. The van der Waals surface area contributed by atoms with Crippen molar-refractivity contribution in [2.24, 2.45) is 0 Å². The van der Waals surface area contributed by atoms with Gasteiger partial charge >= 0.3 is 5.97 Å². The number of hydrogen-bond acceptors (Lipinski definition) is 5. The number of carbonyl (C=O) groups excluding carboxylic acids is 2. The number of esters is 1. The van der Waals surface area contributed by atoms with Gasteiger partial charge < -0.3 is 10.1 Å². The van der Waals surface area contributed by atoms with Crippen LogP contribution < -0.4 is 9.62 Å². The fraction of sp³-hybridized carbons (Fsp3) is 0.375. The zero-order valence-corrected chi connectivity index (χ0v) is 14.2. The number of hydrogen-bond donors (Lipinski definition) is 1. The van der Waals surface area contributed by atoms with Crippen molar-refractivity contribution >= 4 is 27.6 Å². The molecular formula is C16H18N2O5S. The van der Waals surface area contributed by atoms with E-state index in [9.17, 15) is 18.0 Å². The van der Waals surface area contributed by atoms with Gasteiger partial charge in [0, 0.05) is 6.04 Å². The lowest BCUT2D eigenvalue weighted by molar-refractivity contribution is -0.123. The lowest BCUT2D eigenvalue weighted by Gasteiger charge is -2.21. The molecule has 7 nitrogen and oxygen atoms in total. The Morgan fingerprint density at radius 3 is 2.79 bits per heavy atom. The average molecular weight is 350 g/mol. The Labute approximate surface area is 141 Å². The summed E-state index contributed by atoms with van der Waals surface area (Å²) in [6.45, 7) is 1.44. The largest absolute Gasteiger partial charge is 0.452 e. The van der Waals surface area contributed by atoms with E-state index in [0.29, 0.717) is 12.1 Å². The van der Waals surface area contributed by atoms with Crippen LogP contribution >= 0.6 is 0 Å². The van der Waals surface area contributed by atoms with E-state index in [-0.39, 0.29) is 18.2 Å². The van der Waals surface area contributed by atoms with Crippen LogP contribution in [0.1, 0.15) is 22.8 Å². The smallest absolute Gasteiger partial charge is 0.338 e. The van der Waals surface area contributed by atoms with E-state index in [4.69, 9.17) is 11.2 Å². The predicted molar refractivity (Wildman–Crippen MR) is 89.1 cm³/mol.